The summed E-state index contributed by atoms with van der Waals surface area (Å²) in [5, 5.41) is 2.75. The minimum atomic E-state index is -0.592. The van der Waals surface area contributed by atoms with Gasteiger partial charge in [0.2, 0.25) is 5.91 Å². The van der Waals surface area contributed by atoms with E-state index in [1.54, 1.807) is 6.92 Å². The number of nitrogens with zero attached hydrogens (tertiary/aromatic N) is 2. The zero-order valence-electron chi connectivity index (χ0n) is 13.4. The Labute approximate surface area is 133 Å². The Hall–Kier alpha value is -2.83. The number of aromatic nitrogens is 2. The van der Waals surface area contributed by atoms with E-state index in [4.69, 9.17) is 0 Å². The van der Waals surface area contributed by atoms with Crippen LogP contribution in [0, 0.1) is 6.92 Å². The van der Waals surface area contributed by atoms with Gasteiger partial charge < -0.3 is 10.2 Å². The highest BCUT2D eigenvalue weighted by atomic mass is 16.2. The molecule has 0 aliphatic rings. The van der Waals surface area contributed by atoms with Crippen LogP contribution in [0.15, 0.2) is 40.1 Å². The van der Waals surface area contributed by atoms with Gasteiger partial charge in [-0.1, -0.05) is 12.1 Å². The number of aryl methyl sites for hydroxylation is 1. The molecular weight excluding hydrogens is 296 g/mol. The summed E-state index contributed by atoms with van der Waals surface area (Å²) in [6, 6.07) is 7.81. The van der Waals surface area contributed by atoms with Gasteiger partial charge in [0.15, 0.2) is 0 Å². The van der Waals surface area contributed by atoms with E-state index in [0.29, 0.717) is 12.1 Å². The lowest BCUT2D eigenvalue weighted by Crippen LogP contribution is -2.36. The fourth-order valence-corrected chi connectivity index (χ4v) is 2.06. The van der Waals surface area contributed by atoms with Crippen LogP contribution >= 0.6 is 0 Å². The molecule has 0 aliphatic carbocycles. The summed E-state index contributed by atoms with van der Waals surface area (Å²) in [6.07, 6.45) is 1.38. The fraction of sp³-hybridized carbons (Fsp3) is 0.312. The van der Waals surface area contributed by atoms with Gasteiger partial charge >= 0.3 is 5.69 Å². The largest absolute Gasteiger partial charge is 0.378 e. The lowest BCUT2D eigenvalue weighted by Gasteiger charge is -2.13. The maximum absolute atomic E-state index is 11.9. The summed E-state index contributed by atoms with van der Waals surface area (Å²) in [6.45, 7) is 1.83. The van der Waals surface area contributed by atoms with Crippen LogP contribution < -0.4 is 21.5 Å². The third kappa shape index (κ3) is 4.32. The van der Waals surface area contributed by atoms with Gasteiger partial charge in [0.25, 0.3) is 5.56 Å². The van der Waals surface area contributed by atoms with Crippen LogP contribution in [0.3, 0.4) is 0 Å². The van der Waals surface area contributed by atoms with Crippen LogP contribution in [0.25, 0.3) is 0 Å². The molecule has 0 radical (unpaired) electrons. The van der Waals surface area contributed by atoms with Crippen LogP contribution in [0.4, 0.5) is 5.69 Å². The molecule has 0 aliphatic heterocycles. The number of nitrogens with one attached hydrogen (secondary N) is 2. The van der Waals surface area contributed by atoms with Gasteiger partial charge in [-0.15, -0.1) is 0 Å². The normalized spacial score (nSPS) is 10.4. The van der Waals surface area contributed by atoms with Crippen molar-refractivity contribution in [3.8, 4) is 0 Å². The first-order valence-electron chi connectivity index (χ1n) is 7.20. The number of hydrogen-bond donors (Lipinski definition) is 2. The average Bonchev–Trinajstić information content (AvgIpc) is 2.51. The van der Waals surface area contributed by atoms with Gasteiger partial charge in [0.05, 0.1) is 0 Å². The third-order valence-electron chi connectivity index (χ3n) is 3.45. The van der Waals surface area contributed by atoms with Crippen molar-refractivity contribution in [1.29, 1.82) is 0 Å². The molecule has 0 saturated carbocycles. The standard InChI is InChI=1S/C16H20N4O3/c1-11-9-20(16(23)18-15(11)22)10-14(21)17-8-12-4-6-13(7-5-12)19(2)3/h4-7,9H,8,10H2,1-3H3,(H,17,21)(H,18,22,23). The van der Waals surface area contributed by atoms with Crippen LogP contribution in [0.5, 0.6) is 0 Å². The first kappa shape index (κ1) is 16.5. The van der Waals surface area contributed by atoms with Crippen molar-refractivity contribution < 1.29 is 4.79 Å². The smallest absolute Gasteiger partial charge is 0.328 e. The van der Waals surface area contributed by atoms with E-state index in [-0.39, 0.29) is 12.5 Å². The van der Waals surface area contributed by atoms with E-state index < -0.39 is 11.2 Å². The highest BCUT2D eigenvalue weighted by Gasteiger charge is 2.06. The molecular formula is C16H20N4O3. The predicted molar refractivity (Wildman–Crippen MR) is 88.7 cm³/mol. The van der Waals surface area contributed by atoms with Crippen LogP contribution in [-0.4, -0.2) is 29.6 Å². The molecule has 1 aromatic heterocycles. The van der Waals surface area contributed by atoms with Crippen molar-refractivity contribution in [3.63, 3.8) is 0 Å². The lowest BCUT2D eigenvalue weighted by molar-refractivity contribution is -0.121. The second-order valence-corrected chi connectivity index (χ2v) is 5.54. The summed E-state index contributed by atoms with van der Waals surface area (Å²) < 4.78 is 1.18. The number of anilines is 1. The number of amides is 1. The molecule has 122 valence electrons. The zero-order valence-corrected chi connectivity index (χ0v) is 13.4. The number of carbonyl (C=O) groups excluding carboxylic acids is 1. The molecule has 2 N–H and O–H groups in total. The maximum atomic E-state index is 11.9. The van der Waals surface area contributed by atoms with Gasteiger partial charge in [0.1, 0.15) is 6.54 Å². The van der Waals surface area contributed by atoms with E-state index in [1.165, 1.54) is 10.8 Å². The minimum Gasteiger partial charge on any atom is -0.378 e. The van der Waals surface area contributed by atoms with Gasteiger partial charge in [-0.2, -0.15) is 0 Å². The lowest BCUT2D eigenvalue weighted by atomic mass is 10.2. The average molecular weight is 316 g/mol. The summed E-state index contributed by atoms with van der Waals surface area (Å²) in [4.78, 5) is 39.0. The number of carbonyl (C=O) groups is 1. The van der Waals surface area contributed by atoms with Crippen LogP contribution in [0.2, 0.25) is 0 Å². The molecule has 1 amide bonds. The summed E-state index contributed by atoms with van der Waals surface area (Å²) >= 11 is 0. The van der Waals surface area contributed by atoms with Gasteiger partial charge in [-0.05, 0) is 24.6 Å². The Kier molecular flexibility index (Phi) is 5.00. The van der Waals surface area contributed by atoms with Crippen LogP contribution in [-0.2, 0) is 17.9 Å². The fourth-order valence-electron chi connectivity index (χ4n) is 2.06. The molecule has 2 rings (SSSR count). The summed E-state index contributed by atoms with van der Waals surface area (Å²) in [5.41, 5.74) is 1.40. The number of hydrogen-bond acceptors (Lipinski definition) is 4. The first-order chi connectivity index (χ1) is 10.9. The van der Waals surface area contributed by atoms with Crippen molar-refractivity contribution in [2.75, 3.05) is 19.0 Å². The zero-order chi connectivity index (χ0) is 17.0. The molecule has 0 spiro atoms. The number of aromatic amines is 1. The van der Waals surface area contributed by atoms with E-state index in [0.717, 1.165) is 11.3 Å². The van der Waals surface area contributed by atoms with Crippen molar-refractivity contribution in [1.82, 2.24) is 14.9 Å². The second-order valence-electron chi connectivity index (χ2n) is 5.54. The van der Waals surface area contributed by atoms with Crippen molar-refractivity contribution in [3.05, 3.63) is 62.4 Å². The molecule has 0 fully saturated rings. The third-order valence-corrected chi connectivity index (χ3v) is 3.45. The Balaban J connectivity index is 1.96. The molecule has 7 nitrogen and oxygen atoms in total. The van der Waals surface area contributed by atoms with Crippen molar-refractivity contribution >= 4 is 11.6 Å². The second kappa shape index (κ2) is 6.95. The molecule has 2 aromatic rings. The summed E-state index contributed by atoms with van der Waals surface area (Å²) in [7, 11) is 3.92. The summed E-state index contributed by atoms with van der Waals surface area (Å²) in [5.74, 6) is -0.296. The molecule has 7 heteroatoms. The van der Waals surface area contributed by atoms with E-state index >= 15 is 0 Å². The van der Waals surface area contributed by atoms with Crippen molar-refractivity contribution in [2.45, 2.75) is 20.0 Å². The number of benzene rings is 1. The van der Waals surface area contributed by atoms with Gasteiger partial charge in [-0.3, -0.25) is 19.1 Å². The molecule has 0 bridgehead atoms. The van der Waals surface area contributed by atoms with E-state index in [1.807, 2.05) is 43.3 Å². The molecule has 0 unspecified atom stereocenters. The van der Waals surface area contributed by atoms with Crippen molar-refractivity contribution in [2.24, 2.45) is 0 Å². The Morgan fingerprint density at radius 2 is 1.87 bits per heavy atom. The maximum Gasteiger partial charge on any atom is 0.328 e. The minimum absolute atomic E-state index is 0.133. The number of rotatable bonds is 5. The molecule has 1 aromatic carbocycles. The highest BCUT2D eigenvalue weighted by Crippen LogP contribution is 2.11. The highest BCUT2D eigenvalue weighted by molar-refractivity contribution is 5.75. The van der Waals surface area contributed by atoms with Crippen LogP contribution in [0.1, 0.15) is 11.1 Å². The van der Waals surface area contributed by atoms with E-state index in [2.05, 4.69) is 10.3 Å². The monoisotopic (exact) mass is 316 g/mol. The Bertz CT molecular complexity index is 803. The SMILES string of the molecule is Cc1cn(CC(=O)NCc2ccc(N(C)C)cc2)c(=O)[nH]c1=O. The predicted octanol–water partition coefficient (Wildman–Crippen LogP) is 0.227. The Morgan fingerprint density at radius 1 is 1.22 bits per heavy atom. The molecule has 23 heavy (non-hydrogen) atoms. The quantitative estimate of drug-likeness (QED) is 0.826. The van der Waals surface area contributed by atoms with Gasteiger partial charge in [-0.25, -0.2) is 4.79 Å². The van der Waals surface area contributed by atoms with E-state index in [9.17, 15) is 14.4 Å². The number of H-pyrrole nitrogens is 1. The van der Waals surface area contributed by atoms with Gasteiger partial charge in [0, 0.05) is 38.1 Å². The molecule has 0 saturated heterocycles. The topological polar surface area (TPSA) is 87.2 Å². The molecule has 1 heterocycles. The molecule has 0 atom stereocenters. The first-order valence-corrected chi connectivity index (χ1v) is 7.20. The Morgan fingerprint density at radius 3 is 2.48 bits per heavy atom.